The van der Waals surface area contributed by atoms with Gasteiger partial charge in [0.25, 0.3) is 0 Å². The molecule has 4 aromatic carbocycles. The van der Waals surface area contributed by atoms with Crippen molar-refractivity contribution in [1.82, 2.24) is 4.57 Å². The summed E-state index contributed by atoms with van der Waals surface area (Å²) in [6.45, 7) is 22.7. The van der Waals surface area contributed by atoms with E-state index in [1.807, 2.05) is 39.8 Å². The molecule has 0 spiro atoms. The van der Waals surface area contributed by atoms with Gasteiger partial charge in [-0.1, -0.05) is 138 Å². The van der Waals surface area contributed by atoms with E-state index >= 15 is 0 Å². The van der Waals surface area contributed by atoms with Gasteiger partial charge < -0.3 is 4.57 Å². The van der Waals surface area contributed by atoms with Gasteiger partial charge in [0.15, 0.2) is 0 Å². The molecule has 0 fully saturated rings. The Bertz CT molecular complexity index is 2210. The number of allylic oxidation sites excluding steroid dienone is 9. The molecule has 0 N–H and O–H groups in total. The molecule has 1 heterocycles. The van der Waals surface area contributed by atoms with Crippen molar-refractivity contribution in [1.29, 1.82) is 0 Å². The fourth-order valence-electron chi connectivity index (χ4n) is 7.01. The second-order valence-electron chi connectivity index (χ2n) is 11.7. The molecule has 0 saturated carbocycles. The number of nitrogens with zero attached hydrogens (tertiary/aromatic N) is 1. The van der Waals surface area contributed by atoms with Crippen molar-refractivity contribution in [3.8, 4) is 5.69 Å². The summed E-state index contributed by atoms with van der Waals surface area (Å²) >= 11 is 5.06. The zero-order valence-corrected chi connectivity index (χ0v) is 31.9. The Morgan fingerprint density at radius 3 is 2.20 bits per heavy atom. The lowest BCUT2D eigenvalue weighted by molar-refractivity contribution is 1.06. The third-order valence-corrected chi connectivity index (χ3v) is 9.66. The highest BCUT2D eigenvalue weighted by molar-refractivity contribution is 7.80. The molecule has 2 heteroatoms. The Kier molecular flexibility index (Phi) is 13.1. The summed E-state index contributed by atoms with van der Waals surface area (Å²) in [6.07, 6.45) is 16.7. The Hall–Kier alpha value is -4.53. The molecule has 0 atom stereocenters. The van der Waals surface area contributed by atoms with Crippen LogP contribution in [0.15, 0.2) is 120 Å². The normalized spacial score (nSPS) is 13.9. The minimum absolute atomic E-state index is 0.952. The average molecular weight is 664 g/mol. The molecule has 1 nitrogen and oxygen atoms in total. The van der Waals surface area contributed by atoms with Crippen LogP contribution in [0, 0.1) is 0 Å². The van der Waals surface area contributed by atoms with Crippen LogP contribution < -0.4 is 10.6 Å². The second kappa shape index (κ2) is 17.2. The molecular weight excluding hydrogens is 611 g/mol. The third-order valence-electron chi connectivity index (χ3n) is 9.17. The number of thiol groups is 1. The fraction of sp³-hybridized carbons (Fsp3) is 0.234. The van der Waals surface area contributed by atoms with Crippen LogP contribution in [0.1, 0.15) is 91.0 Å². The van der Waals surface area contributed by atoms with Gasteiger partial charge in [-0.05, 0) is 114 Å². The lowest BCUT2D eigenvalue weighted by atomic mass is 9.94. The van der Waals surface area contributed by atoms with Crippen LogP contribution in [-0.2, 0) is 6.42 Å². The van der Waals surface area contributed by atoms with E-state index in [0.717, 1.165) is 23.3 Å². The van der Waals surface area contributed by atoms with Crippen LogP contribution in [0.5, 0.6) is 0 Å². The molecule has 252 valence electrons. The summed E-state index contributed by atoms with van der Waals surface area (Å²) in [7, 11) is 0. The number of benzene rings is 4. The minimum atomic E-state index is 0.952. The molecule has 0 saturated heterocycles. The van der Waals surface area contributed by atoms with Crippen LogP contribution in [0.2, 0.25) is 0 Å². The Morgan fingerprint density at radius 1 is 0.878 bits per heavy atom. The van der Waals surface area contributed by atoms with Crippen molar-refractivity contribution in [2.45, 2.75) is 80.1 Å². The molecule has 0 bridgehead atoms. The molecule has 0 amide bonds. The van der Waals surface area contributed by atoms with Crippen molar-refractivity contribution in [3.63, 3.8) is 0 Å². The van der Waals surface area contributed by atoms with Crippen LogP contribution in [0.25, 0.3) is 56.2 Å². The quantitative estimate of drug-likeness (QED) is 0.131. The van der Waals surface area contributed by atoms with Crippen LogP contribution in [0.3, 0.4) is 0 Å². The molecular formula is C47H53NS. The van der Waals surface area contributed by atoms with Gasteiger partial charge in [-0.15, -0.1) is 12.6 Å². The molecule has 6 rings (SSSR count). The summed E-state index contributed by atoms with van der Waals surface area (Å²) in [5, 5.41) is 6.17. The first-order chi connectivity index (χ1) is 23.9. The standard InChI is InChI=1S/C43H41NS.2C2H6/c1-7-11-12-16-28(5)35-23-24-37-38(43(35)45)25-26-41-42(37)34(10-4)40(15-8-2)44(41)32-21-19-30(20-22-32)33(9-3)39-27-31-17-13-14-18-36(31)29(39)6;2*1-2/h7,9-26,45H,1,8,27H2,2-6H3;2*1-2H3/b12-11-,28-16+,33-9-,34-10+,40-15+;;. The van der Waals surface area contributed by atoms with Crippen LogP contribution in [-0.4, -0.2) is 4.57 Å². The summed E-state index contributed by atoms with van der Waals surface area (Å²) in [4.78, 5) is 1.01. The zero-order valence-electron chi connectivity index (χ0n) is 31.0. The Labute approximate surface area is 300 Å². The lowest BCUT2D eigenvalue weighted by Gasteiger charge is -2.14. The third kappa shape index (κ3) is 7.12. The first-order valence-corrected chi connectivity index (χ1v) is 18.4. The van der Waals surface area contributed by atoms with E-state index in [0.29, 0.717) is 0 Å². The fourth-order valence-corrected chi connectivity index (χ4v) is 7.45. The SMILES string of the molecule is C=C/C=C\C=C(/C)c1ccc2c(ccc3c2c(=C/C)/c(=C\CC)n3-c2ccc(/C(=C/C)C3=C(C)c4ccccc4C3)cc2)c1S.CC.CC. The van der Waals surface area contributed by atoms with Crippen molar-refractivity contribution < 1.29 is 0 Å². The first-order valence-electron chi connectivity index (χ1n) is 17.9. The minimum Gasteiger partial charge on any atom is -0.310 e. The van der Waals surface area contributed by atoms with Crippen molar-refractivity contribution in [3.05, 3.63) is 148 Å². The van der Waals surface area contributed by atoms with Gasteiger partial charge >= 0.3 is 0 Å². The van der Waals surface area contributed by atoms with Gasteiger partial charge in [0, 0.05) is 26.5 Å². The van der Waals surface area contributed by atoms with Crippen molar-refractivity contribution in [2.75, 3.05) is 0 Å². The predicted octanol–water partition coefficient (Wildman–Crippen LogP) is 12.7. The summed E-state index contributed by atoms with van der Waals surface area (Å²) in [6, 6.07) is 26.9. The maximum absolute atomic E-state index is 5.06. The lowest BCUT2D eigenvalue weighted by Crippen LogP contribution is -2.28. The number of hydrogen-bond donors (Lipinski definition) is 1. The molecule has 5 aromatic rings. The van der Waals surface area contributed by atoms with E-state index in [9.17, 15) is 0 Å². The van der Waals surface area contributed by atoms with Crippen molar-refractivity contribution >= 4 is 63.2 Å². The van der Waals surface area contributed by atoms with E-state index in [1.54, 1.807) is 6.08 Å². The topological polar surface area (TPSA) is 4.93 Å². The molecule has 1 aromatic heterocycles. The van der Waals surface area contributed by atoms with Gasteiger partial charge in [-0.25, -0.2) is 0 Å². The van der Waals surface area contributed by atoms with Gasteiger partial charge in [-0.2, -0.15) is 0 Å². The first kappa shape index (κ1) is 37.3. The predicted molar refractivity (Wildman–Crippen MR) is 224 cm³/mol. The van der Waals surface area contributed by atoms with E-state index in [-0.39, 0.29) is 0 Å². The van der Waals surface area contributed by atoms with Crippen LogP contribution in [0.4, 0.5) is 0 Å². The largest absolute Gasteiger partial charge is 0.310 e. The number of hydrogen-bond acceptors (Lipinski definition) is 1. The maximum Gasteiger partial charge on any atom is 0.0547 e. The van der Waals surface area contributed by atoms with Gasteiger partial charge in [0.1, 0.15) is 0 Å². The average Bonchev–Trinajstić information content (AvgIpc) is 3.65. The highest BCUT2D eigenvalue weighted by Gasteiger charge is 2.21. The molecule has 1 aliphatic rings. The Morgan fingerprint density at radius 2 is 1.57 bits per heavy atom. The molecule has 0 unspecified atom stereocenters. The molecule has 1 aliphatic carbocycles. The summed E-state index contributed by atoms with van der Waals surface area (Å²) < 4.78 is 2.43. The number of fused-ring (bicyclic) bond motifs is 4. The van der Waals surface area contributed by atoms with Gasteiger partial charge in [-0.3, -0.25) is 0 Å². The van der Waals surface area contributed by atoms with E-state index in [4.69, 9.17) is 12.6 Å². The zero-order chi connectivity index (χ0) is 35.7. The van der Waals surface area contributed by atoms with Crippen molar-refractivity contribution in [2.24, 2.45) is 0 Å². The summed E-state index contributed by atoms with van der Waals surface area (Å²) in [5.41, 5.74) is 12.9. The van der Waals surface area contributed by atoms with Crippen LogP contribution >= 0.6 is 12.6 Å². The molecule has 0 radical (unpaired) electrons. The summed E-state index contributed by atoms with van der Waals surface area (Å²) in [5.74, 6) is 0. The molecule has 0 aliphatic heterocycles. The number of aromatic nitrogens is 1. The van der Waals surface area contributed by atoms with E-state index in [1.165, 1.54) is 76.9 Å². The highest BCUT2D eigenvalue weighted by Crippen LogP contribution is 2.40. The monoisotopic (exact) mass is 663 g/mol. The second-order valence-corrected chi connectivity index (χ2v) is 12.2. The van der Waals surface area contributed by atoms with Gasteiger partial charge in [0.2, 0.25) is 0 Å². The van der Waals surface area contributed by atoms with E-state index < -0.39 is 0 Å². The number of rotatable bonds is 7. The smallest absolute Gasteiger partial charge is 0.0547 e. The van der Waals surface area contributed by atoms with E-state index in [2.05, 4.69) is 143 Å². The van der Waals surface area contributed by atoms with Gasteiger partial charge in [0.05, 0.1) is 5.52 Å². The highest BCUT2D eigenvalue weighted by atomic mass is 32.1. The maximum atomic E-state index is 5.06. The Balaban J connectivity index is 0.00000130. The molecule has 49 heavy (non-hydrogen) atoms.